The fraction of sp³-hybridized carbons (Fsp3) is 0.524. The Bertz CT molecular complexity index is 918. The van der Waals surface area contributed by atoms with Crippen molar-refractivity contribution in [2.75, 3.05) is 38.1 Å². The van der Waals surface area contributed by atoms with E-state index < -0.39 is 0 Å². The van der Waals surface area contributed by atoms with Crippen molar-refractivity contribution < 1.29 is 4.79 Å². The van der Waals surface area contributed by atoms with Crippen molar-refractivity contribution in [1.82, 2.24) is 25.2 Å². The van der Waals surface area contributed by atoms with E-state index in [-0.39, 0.29) is 11.5 Å². The van der Waals surface area contributed by atoms with Gasteiger partial charge in [-0.2, -0.15) is 0 Å². The van der Waals surface area contributed by atoms with Gasteiger partial charge in [0.05, 0.1) is 11.9 Å². The molecule has 0 saturated carbocycles. The van der Waals surface area contributed by atoms with Gasteiger partial charge in [-0.1, -0.05) is 0 Å². The van der Waals surface area contributed by atoms with Crippen LogP contribution in [0.25, 0.3) is 0 Å². The van der Waals surface area contributed by atoms with Crippen molar-refractivity contribution in [3.63, 3.8) is 0 Å². The van der Waals surface area contributed by atoms with Crippen molar-refractivity contribution in [3.8, 4) is 0 Å². The number of pyridine rings is 1. The van der Waals surface area contributed by atoms with Crippen LogP contribution in [0.3, 0.4) is 0 Å². The number of aromatic amines is 1. The van der Waals surface area contributed by atoms with Gasteiger partial charge in [0.15, 0.2) is 0 Å². The van der Waals surface area contributed by atoms with Crippen molar-refractivity contribution in [3.05, 3.63) is 52.0 Å². The molecular weight excluding hydrogens is 368 g/mol. The lowest BCUT2D eigenvalue weighted by atomic mass is 10.0. The van der Waals surface area contributed by atoms with Gasteiger partial charge in [-0.3, -0.25) is 19.5 Å². The number of anilines is 1. The second-order valence-electron chi connectivity index (χ2n) is 7.93. The van der Waals surface area contributed by atoms with E-state index in [4.69, 9.17) is 0 Å². The largest absolute Gasteiger partial charge is 0.370 e. The van der Waals surface area contributed by atoms with E-state index in [0.29, 0.717) is 23.3 Å². The fourth-order valence-electron chi connectivity index (χ4n) is 4.38. The molecule has 0 aromatic carbocycles. The molecule has 2 aliphatic heterocycles. The highest BCUT2D eigenvalue weighted by Gasteiger charge is 2.32. The second-order valence-corrected chi connectivity index (χ2v) is 7.93. The number of hydrogen-bond acceptors (Lipinski definition) is 6. The van der Waals surface area contributed by atoms with Crippen LogP contribution in [0.4, 0.5) is 5.69 Å². The third-order valence-electron chi connectivity index (χ3n) is 6.20. The van der Waals surface area contributed by atoms with Gasteiger partial charge in [-0.25, -0.2) is 4.98 Å². The number of nitrogens with zero attached hydrogens (tertiary/aromatic N) is 4. The first-order valence-electron chi connectivity index (χ1n) is 10.3. The zero-order valence-corrected chi connectivity index (χ0v) is 17.0. The van der Waals surface area contributed by atoms with E-state index in [9.17, 15) is 9.59 Å². The molecule has 2 N–H and O–H groups in total. The van der Waals surface area contributed by atoms with Gasteiger partial charge in [0, 0.05) is 50.5 Å². The molecule has 1 atom stereocenters. The molecule has 4 rings (SSSR count). The molecular formula is C21H28N6O2. The van der Waals surface area contributed by atoms with Crippen LogP contribution in [-0.2, 0) is 0 Å². The summed E-state index contributed by atoms with van der Waals surface area (Å²) in [5.41, 5.74) is 2.92. The summed E-state index contributed by atoms with van der Waals surface area (Å²) >= 11 is 0. The molecule has 2 saturated heterocycles. The van der Waals surface area contributed by atoms with Gasteiger partial charge in [0.1, 0.15) is 11.4 Å². The maximum atomic E-state index is 11.9. The third-order valence-corrected chi connectivity index (χ3v) is 6.20. The van der Waals surface area contributed by atoms with Crippen molar-refractivity contribution in [2.24, 2.45) is 0 Å². The molecule has 1 unspecified atom stereocenters. The first-order chi connectivity index (χ1) is 14.0. The number of carbonyl (C=O) groups is 1. The Morgan fingerprint density at radius 1 is 1.14 bits per heavy atom. The molecule has 2 aliphatic rings. The molecule has 2 aromatic heterocycles. The number of amides is 1. The normalized spacial score (nSPS) is 20.8. The standard InChI is InChI=1S/C21H28N6O2/c1-14-20(28)25-19(12-23-14)15-5-8-27(13-15)16-6-9-26(10-7-16)17-3-4-18(24-11-17)21(29)22-2/h3-4,11-12,15-16H,5-10,13H2,1-2H3,(H,22,29)(H,25,28). The summed E-state index contributed by atoms with van der Waals surface area (Å²) in [7, 11) is 1.61. The zero-order valence-electron chi connectivity index (χ0n) is 17.0. The van der Waals surface area contributed by atoms with Gasteiger partial charge < -0.3 is 15.2 Å². The van der Waals surface area contributed by atoms with Crippen LogP contribution >= 0.6 is 0 Å². The summed E-state index contributed by atoms with van der Waals surface area (Å²) in [6.45, 7) is 5.74. The lowest BCUT2D eigenvalue weighted by Crippen LogP contribution is -2.44. The smallest absolute Gasteiger partial charge is 0.269 e. The van der Waals surface area contributed by atoms with Gasteiger partial charge in [-0.15, -0.1) is 0 Å². The van der Waals surface area contributed by atoms with Gasteiger partial charge in [0.2, 0.25) is 0 Å². The van der Waals surface area contributed by atoms with Crippen LogP contribution < -0.4 is 15.8 Å². The van der Waals surface area contributed by atoms with Gasteiger partial charge >= 0.3 is 0 Å². The maximum absolute atomic E-state index is 11.9. The molecule has 29 heavy (non-hydrogen) atoms. The lowest BCUT2D eigenvalue weighted by Gasteiger charge is -2.37. The Balaban J connectivity index is 1.32. The van der Waals surface area contributed by atoms with Crippen LogP contribution in [0.1, 0.15) is 47.1 Å². The number of rotatable bonds is 4. The Labute approximate surface area is 170 Å². The number of hydrogen-bond donors (Lipinski definition) is 2. The summed E-state index contributed by atoms with van der Waals surface area (Å²) in [5.74, 6) is 0.194. The number of piperidine rings is 1. The van der Waals surface area contributed by atoms with Crippen molar-refractivity contribution in [1.29, 1.82) is 0 Å². The number of aromatic nitrogens is 3. The third kappa shape index (κ3) is 4.17. The van der Waals surface area contributed by atoms with Gasteiger partial charge in [-0.05, 0) is 44.9 Å². The summed E-state index contributed by atoms with van der Waals surface area (Å²) in [5, 5.41) is 2.59. The Hall–Kier alpha value is -2.74. The predicted octanol–water partition coefficient (Wildman–Crippen LogP) is 1.29. The van der Waals surface area contributed by atoms with E-state index in [1.807, 2.05) is 12.3 Å². The number of carbonyl (C=O) groups excluding carboxylic acids is 1. The SMILES string of the molecule is CNC(=O)c1ccc(N2CCC(N3CCC(c4cnc(C)c(=O)[nH]4)C3)CC2)cn1. The predicted molar refractivity (Wildman–Crippen MR) is 111 cm³/mol. The molecule has 4 heterocycles. The number of H-pyrrole nitrogens is 1. The average molecular weight is 396 g/mol. The first kappa shape index (κ1) is 19.6. The summed E-state index contributed by atoms with van der Waals surface area (Å²) in [6.07, 6.45) is 6.88. The van der Waals surface area contributed by atoms with Crippen LogP contribution in [0.15, 0.2) is 29.3 Å². The van der Waals surface area contributed by atoms with Gasteiger partial charge in [0.25, 0.3) is 11.5 Å². The average Bonchev–Trinajstić information content (AvgIpc) is 3.25. The molecule has 154 valence electrons. The van der Waals surface area contributed by atoms with Crippen LogP contribution in [-0.4, -0.2) is 65.0 Å². The number of likely N-dealkylation sites (tertiary alicyclic amines) is 1. The monoisotopic (exact) mass is 396 g/mol. The first-order valence-corrected chi connectivity index (χ1v) is 10.3. The molecule has 0 bridgehead atoms. The maximum Gasteiger partial charge on any atom is 0.269 e. The summed E-state index contributed by atoms with van der Waals surface area (Å²) in [4.78, 5) is 39.9. The molecule has 8 heteroatoms. The Morgan fingerprint density at radius 2 is 1.93 bits per heavy atom. The molecule has 0 aliphatic carbocycles. The second kappa shape index (κ2) is 8.32. The minimum Gasteiger partial charge on any atom is -0.370 e. The van der Waals surface area contributed by atoms with E-state index in [0.717, 1.165) is 56.8 Å². The molecule has 8 nitrogen and oxygen atoms in total. The Morgan fingerprint density at radius 3 is 2.59 bits per heavy atom. The summed E-state index contributed by atoms with van der Waals surface area (Å²) < 4.78 is 0. The van der Waals surface area contributed by atoms with Crippen LogP contribution in [0.5, 0.6) is 0 Å². The lowest BCUT2D eigenvalue weighted by molar-refractivity contribution is 0.0958. The Kier molecular flexibility index (Phi) is 5.62. The number of nitrogens with one attached hydrogen (secondary N) is 2. The summed E-state index contributed by atoms with van der Waals surface area (Å²) in [6, 6.07) is 4.33. The van der Waals surface area contributed by atoms with Crippen LogP contribution in [0, 0.1) is 6.92 Å². The minimum atomic E-state index is -0.163. The number of aryl methyl sites for hydroxylation is 1. The van der Waals surface area contributed by atoms with E-state index in [1.165, 1.54) is 0 Å². The highest BCUT2D eigenvalue weighted by Crippen LogP contribution is 2.30. The van der Waals surface area contributed by atoms with E-state index in [2.05, 4.69) is 30.1 Å². The highest BCUT2D eigenvalue weighted by molar-refractivity contribution is 5.92. The van der Waals surface area contributed by atoms with Crippen molar-refractivity contribution in [2.45, 2.75) is 38.1 Å². The zero-order chi connectivity index (χ0) is 20.4. The quantitative estimate of drug-likeness (QED) is 0.809. The molecule has 0 spiro atoms. The highest BCUT2D eigenvalue weighted by atomic mass is 16.1. The van der Waals surface area contributed by atoms with Crippen molar-refractivity contribution >= 4 is 11.6 Å². The van der Waals surface area contributed by atoms with E-state index >= 15 is 0 Å². The minimum absolute atomic E-state index is 0.0784. The fourth-order valence-corrected chi connectivity index (χ4v) is 4.38. The molecule has 2 fully saturated rings. The topological polar surface area (TPSA) is 94.2 Å². The van der Waals surface area contributed by atoms with E-state index in [1.54, 1.807) is 26.2 Å². The molecule has 1 amide bonds. The molecule has 0 radical (unpaired) electrons. The van der Waals surface area contributed by atoms with Crippen LogP contribution in [0.2, 0.25) is 0 Å². The molecule has 2 aromatic rings.